The highest BCUT2D eigenvalue weighted by molar-refractivity contribution is 9.10. The van der Waals surface area contributed by atoms with Crippen molar-refractivity contribution in [3.63, 3.8) is 0 Å². The molecule has 0 amide bonds. The summed E-state index contributed by atoms with van der Waals surface area (Å²) in [4.78, 5) is 0. The minimum Gasteiger partial charge on any atom is -0.488 e. The number of para-hydroxylation sites is 1. The smallest absolute Gasteiger partial charge is 0.133 e. The fourth-order valence-electron chi connectivity index (χ4n) is 1.34. The highest BCUT2D eigenvalue weighted by Gasteiger charge is 2.15. The molecule has 0 heterocycles. The lowest BCUT2D eigenvalue weighted by Gasteiger charge is -2.27. The van der Waals surface area contributed by atoms with Gasteiger partial charge in [0.15, 0.2) is 0 Å². The lowest BCUT2D eigenvalue weighted by atomic mass is 10.0. The Kier molecular flexibility index (Phi) is 5.47. The van der Waals surface area contributed by atoms with Crippen LogP contribution in [0.1, 0.15) is 34.1 Å². The SMILES string of the molecule is CCC(C)(C)NCC(C)Oc1ccccc1Br. The summed E-state index contributed by atoms with van der Waals surface area (Å²) in [5, 5.41) is 3.51. The number of ether oxygens (including phenoxy) is 1. The third kappa shape index (κ3) is 5.09. The van der Waals surface area contributed by atoms with Gasteiger partial charge in [0.25, 0.3) is 0 Å². The maximum absolute atomic E-state index is 5.88. The van der Waals surface area contributed by atoms with Gasteiger partial charge in [0.05, 0.1) is 4.47 Å². The number of hydrogen-bond donors (Lipinski definition) is 1. The molecule has 3 heteroatoms. The molecule has 1 N–H and O–H groups in total. The predicted molar refractivity (Wildman–Crippen MR) is 76.6 cm³/mol. The van der Waals surface area contributed by atoms with E-state index in [2.05, 4.69) is 48.9 Å². The molecule has 1 atom stereocenters. The minimum atomic E-state index is 0.152. The number of hydrogen-bond acceptors (Lipinski definition) is 2. The summed E-state index contributed by atoms with van der Waals surface area (Å²) in [6.45, 7) is 9.53. The molecule has 1 unspecified atom stereocenters. The standard InChI is InChI=1S/C14H22BrNO/c1-5-14(3,4)16-10-11(2)17-13-9-7-6-8-12(13)15/h6-9,11,16H,5,10H2,1-4H3. The maximum Gasteiger partial charge on any atom is 0.133 e. The predicted octanol–water partition coefficient (Wildman–Crippen LogP) is 3.99. The molecular weight excluding hydrogens is 278 g/mol. The van der Waals surface area contributed by atoms with Gasteiger partial charge in [-0.25, -0.2) is 0 Å². The van der Waals surface area contributed by atoms with Crippen LogP contribution in [0.5, 0.6) is 5.75 Å². The number of rotatable bonds is 6. The van der Waals surface area contributed by atoms with Crippen molar-refractivity contribution in [3.8, 4) is 5.75 Å². The Morgan fingerprint density at radius 1 is 1.35 bits per heavy atom. The van der Waals surface area contributed by atoms with Crippen LogP contribution in [0.2, 0.25) is 0 Å². The second kappa shape index (κ2) is 6.41. The quantitative estimate of drug-likeness (QED) is 0.857. The largest absolute Gasteiger partial charge is 0.488 e. The molecule has 1 aromatic carbocycles. The summed E-state index contributed by atoms with van der Waals surface area (Å²) in [7, 11) is 0. The fourth-order valence-corrected chi connectivity index (χ4v) is 1.72. The van der Waals surface area contributed by atoms with E-state index in [0.29, 0.717) is 0 Å². The molecule has 0 bridgehead atoms. The number of nitrogens with one attached hydrogen (secondary N) is 1. The zero-order chi connectivity index (χ0) is 12.9. The lowest BCUT2D eigenvalue weighted by molar-refractivity contribution is 0.198. The normalized spacial score (nSPS) is 13.5. The van der Waals surface area contributed by atoms with Gasteiger partial charge in [0.2, 0.25) is 0 Å². The summed E-state index contributed by atoms with van der Waals surface area (Å²) in [5.41, 5.74) is 0.172. The van der Waals surface area contributed by atoms with Crippen LogP contribution < -0.4 is 10.1 Å². The lowest BCUT2D eigenvalue weighted by Crippen LogP contribution is -2.43. The van der Waals surface area contributed by atoms with E-state index < -0.39 is 0 Å². The zero-order valence-corrected chi connectivity index (χ0v) is 12.7. The first-order valence-electron chi connectivity index (χ1n) is 6.11. The van der Waals surface area contributed by atoms with Crippen LogP contribution in [0.3, 0.4) is 0 Å². The molecule has 0 spiro atoms. The van der Waals surface area contributed by atoms with Gasteiger partial charge in [-0.2, -0.15) is 0 Å². The van der Waals surface area contributed by atoms with Gasteiger partial charge in [0, 0.05) is 12.1 Å². The van der Waals surface area contributed by atoms with Crippen LogP contribution >= 0.6 is 15.9 Å². The van der Waals surface area contributed by atoms with E-state index in [4.69, 9.17) is 4.74 Å². The van der Waals surface area contributed by atoms with Gasteiger partial charge >= 0.3 is 0 Å². The molecule has 0 fully saturated rings. The molecular formula is C14H22BrNO. The maximum atomic E-state index is 5.88. The van der Waals surface area contributed by atoms with Crippen LogP contribution in [0.25, 0.3) is 0 Å². The van der Waals surface area contributed by atoms with Crippen molar-refractivity contribution in [1.82, 2.24) is 5.32 Å². The van der Waals surface area contributed by atoms with Crippen molar-refractivity contribution < 1.29 is 4.74 Å². The van der Waals surface area contributed by atoms with Crippen molar-refractivity contribution in [2.24, 2.45) is 0 Å². The van der Waals surface area contributed by atoms with Crippen molar-refractivity contribution in [1.29, 1.82) is 0 Å². The molecule has 0 saturated heterocycles. The number of benzene rings is 1. The third-order valence-electron chi connectivity index (χ3n) is 2.92. The van der Waals surface area contributed by atoms with E-state index in [0.717, 1.165) is 23.2 Å². The van der Waals surface area contributed by atoms with Crippen molar-refractivity contribution >= 4 is 15.9 Å². The molecule has 0 aliphatic carbocycles. The van der Waals surface area contributed by atoms with Gasteiger partial charge in [0.1, 0.15) is 11.9 Å². The second-order valence-electron chi connectivity index (χ2n) is 4.98. The molecule has 0 aliphatic rings. The van der Waals surface area contributed by atoms with Crippen LogP contribution in [-0.2, 0) is 0 Å². The minimum absolute atomic E-state index is 0.152. The molecule has 2 nitrogen and oxygen atoms in total. The van der Waals surface area contributed by atoms with Crippen LogP contribution in [0.15, 0.2) is 28.7 Å². The summed E-state index contributed by atoms with van der Waals surface area (Å²) < 4.78 is 6.88. The molecule has 96 valence electrons. The van der Waals surface area contributed by atoms with E-state index in [-0.39, 0.29) is 11.6 Å². The number of halogens is 1. The first kappa shape index (κ1) is 14.5. The van der Waals surface area contributed by atoms with Crippen molar-refractivity contribution in [2.75, 3.05) is 6.54 Å². The van der Waals surface area contributed by atoms with Gasteiger partial charge in [-0.05, 0) is 55.3 Å². The first-order chi connectivity index (χ1) is 7.94. The third-order valence-corrected chi connectivity index (χ3v) is 3.57. The first-order valence-corrected chi connectivity index (χ1v) is 6.90. The molecule has 0 aromatic heterocycles. The highest BCUT2D eigenvalue weighted by atomic mass is 79.9. The molecule has 1 aromatic rings. The van der Waals surface area contributed by atoms with Crippen molar-refractivity contribution in [2.45, 2.75) is 45.8 Å². The molecule has 0 radical (unpaired) electrons. The average Bonchev–Trinajstić information content (AvgIpc) is 2.30. The Morgan fingerprint density at radius 3 is 2.59 bits per heavy atom. The Morgan fingerprint density at radius 2 is 2.00 bits per heavy atom. The molecule has 1 rings (SSSR count). The highest BCUT2D eigenvalue weighted by Crippen LogP contribution is 2.24. The van der Waals surface area contributed by atoms with Crippen molar-refractivity contribution in [3.05, 3.63) is 28.7 Å². The van der Waals surface area contributed by atoms with E-state index in [1.165, 1.54) is 0 Å². The summed E-state index contributed by atoms with van der Waals surface area (Å²) >= 11 is 3.48. The van der Waals surface area contributed by atoms with Crippen LogP contribution in [0, 0.1) is 0 Å². The monoisotopic (exact) mass is 299 g/mol. The van der Waals surface area contributed by atoms with Crippen LogP contribution in [-0.4, -0.2) is 18.2 Å². The second-order valence-corrected chi connectivity index (χ2v) is 5.83. The summed E-state index contributed by atoms with van der Waals surface area (Å²) in [5.74, 6) is 0.899. The summed E-state index contributed by atoms with van der Waals surface area (Å²) in [6.07, 6.45) is 1.26. The molecule has 17 heavy (non-hydrogen) atoms. The summed E-state index contributed by atoms with van der Waals surface area (Å²) in [6, 6.07) is 7.94. The average molecular weight is 300 g/mol. The van der Waals surface area contributed by atoms with Gasteiger partial charge in [-0.3, -0.25) is 0 Å². The fraction of sp³-hybridized carbons (Fsp3) is 0.571. The Hall–Kier alpha value is -0.540. The molecule has 0 aliphatic heterocycles. The van der Waals surface area contributed by atoms with Gasteiger partial charge in [-0.15, -0.1) is 0 Å². The van der Waals surface area contributed by atoms with E-state index in [1.807, 2.05) is 24.3 Å². The Labute approximate surface area is 113 Å². The Balaban J connectivity index is 2.45. The van der Waals surface area contributed by atoms with Gasteiger partial charge < -0.3 is 10.1 Å². The Bertz CT molecular complexity index is 352. The zero-order valence-electron chi connectivity index (χ0n) is 11.1. The molecule has 0 saturated carbocycles. The van der Waals surface area contributed by atoms with E-state index >= 15 is 0 Å². The van der Waals surface area contributed by atoms with Gasteiger partial charge in [-0.1, -0.05) is 19.1 Å². The topological polar surface area (TPSA) is 21.3 Å². The van der Waals surface area contributed by atoms with E-state index in [9.17, 15) is 0 Å². The van der Waals surface area contributed by atoms with E-state index in [1.54, 1.807) is 0 Å². The van der Waals surface area contributed by atoms with Crippen LogP contribution in [0.4, 0.5) is 0 Å².